The van der Waals surface area contributed by atoms with Gasteiger partial charge in [-0.2, -0.15) is 0 Å². The molecule has 1 fully saturated rings. The molecule has 0 spiro atoms. The number of aryl methyl sites for hydroxylation is 1. The Morgan fingerprint density at radius 2 is 2.09 bits per heavy atom. The lowest BCUT2D eigenvalue weighted by Gasteiger charge is -2.30. The van der Waals surface area contributed by atoms with Gasteiger partial charge in [0.2, 0.25) is 0 Å². The van der Waals surface area contributed by atoms with E-state index in [-0.39, 0.29) is 22.2 Å². The van der Waals surface area contributed by atoms with Crippen LogP contribution in [0.1, 0.15) is 35.9 Å². The minimum atomic E-state index is -0.521. The Kier molecular flexibility index (Phi) is 4.39. The highest BCUT2D eigenvalue weighted by Crippen LogP contribution is 2.34. The number of hydrogen-bond acceptors (Lipinski definition) is 3. The molecule has 0 bridgehead atoms. The van der Waals surface area contributed by atoms with Crippen molar-refractivity contribution in [3.63, 3.8) is 0 Å². The molecule has 2 aromatic rings. The second kappa shape index (κ2) is 6.32. The zero-order valence-corrected chi connectivity index (χ0v) is 13.9. The van der Waals surface area contributed by atoms with E-state index in [1.165, 1.54) is 12.1 Å². The number of likely N-dealkylation sites (tertiary alicyclic amines) is 1. The van der Waals surface area contributed by atoms with Gasteiger partial charge in [-0.05, 0) is 37.8 Å². The van der Waals surface area contributed by atoms with Gasteiger partial charge in [-0.1, -0.05) is 29.7 Å². The van der Waals surface area contributed by atoms with Crippen LogP contribution in [0.3, 0.4) is 0 Å². The van der Waals surface area contributed by atoms with Crippen molar-refractivity contribution < 1.29 is 13.7 Å². The third kappa shape index (κ3) is 2.98. The SMILES string of the molecule is Cc1onc(-c2c(F)cccc2Cl)c1C(=O)N1CCC(C)CC1. The molecule has 1 aliphatic rings. The quantitative estimate of drug-likeness (QED) is 0.820. The fourth-order valence-electron chi connectivity index (χ4n) is 2.89. The average molecular weight is 337 g/mol. The number of aromatic nitrogens is 1. The fraction of sp³-hybridized carbons (Fsp3) is 0.412. The molecule has 3 rings (SSSR count). The number of amides is 1. The molecule has 1 aliphatic heterocycles. The Morgan fingerprint density at radius 1 is 1.39 bits per heavy atom. The van der Waals surface area contributed by atoms with Crippen LogP contribution in [0.2, 0.25) is 5.02 Å². The van der Waals surface area contributed by atoms with E-state index in [1.54, 1.807) is 17.9 Å². The molecule has 0 atom stereocenters. The van der Waals surface area contributed by atoms with Crippen LogP contribution in [0.25, 0.3) is 11.3 Å². The van der Waals surface area contributed by atoms with Gasteiger partial charge >= 0.3 is 0 Å². The number of hydrogen-bond donors (Lipinski definition) is 0. The van der Waals surface area contributed by atoms with Gasteiger partial charge in [0.1, 0.15) is 22.8 Å². The number of rotatable bonds is 2. The first-order valence-electron chi connectivity index (χ1n) is 7.69. The number of benzene rings is 1. The first-order valence-corrected chi connectivity index (χ1v) is 8.06. The Bertz CT molecular complexity index is 716. The maximum atomic E-state index is 14.2. The number of carbonyl (C=O) groups is 1. The molecule has 2 heterocycles. The largest absolute Gasteiger partial charge is 0.360 e. The number of carbonyl (C=O) groups excluding carboxylic acids is 1. The molecule has 0 N–H and O–H groups in total. The van der Waals surface area contributed by atoms with E-state index < -0.39 is 5.82 Å². The lowest BCUT2D eigenvalue weighted by molar-refractivity contribution is 0.0696. The van der Waals surface area contributed by atoms with Crippen LogP contribution < -0.4 is 0 Å². The van der Waals surface area contributed by atoms with E-state index in [4.69, 9.17) is 16.1 Å². The molecule has 0 radical (unpaired) electrons. The molecule has 23 heavy (non-hydrogen) atoms. The van der Waals surface area contributed by atoms with Gasteiger partial charge in [0.15, 0.2) is 0 Å². The van der Waals surface area contributed by atoms with E-state index in [1.807, 2.05) is 0 Å². The predicted octanol–water partition coefficient (Wildman–Crippen LogP) is 4.31. The van der Waals surface area contributed by atoms with Crippen LogP contribution in [-0.4, -0.2) is 29.1 Å². The van der Waals surface area contributed by atoms with Gasteiger partial charge in [0.05, 0.1) is 10.6 Å². The smallest absolute Gasteiger partial charge is 0.259 e. The number of piperidine rings is 1. The second-order valence-corrected chi connectivity index (χ2v) is 6.44. The van der Waals surface area contributed by atoms with Crippen molar-refractivity contribution in [2.45, 2.75) is 26.7 Å². The third-order valence-electron chi connectivity index (χ3n) is 4.35. The van der Waals surface area contributed by atoms with Gasteiger partial charge in [-0.15, -0.1) is 0 Å². The topological polar surface area (TPSA) is 46.3 Å². The molecule has 0 aliphatic carbocycles. The summed E-state index contributed by atoms with van der Waals surface area (Å²) in [4.78, 5) is 14.6. The highest BCUT2D eigenvalue weighted by atomic mass is 35.5. The Labute approximate surface area is 139 Å². The molecule has 1 aromatic heterocycles. The summed E-state index contributed by atoms with van der Waals surface area (Å²) in [6, 6.07) is 4.38. The maximum absolute atomic E-state index is 14.2. The van der Waals surface area contributed by atoms with Crippen LogP contribution in [0, 0.1) is 18.7 Å². The summed E-state index contributed by atoms with van der Waals surface area (Å²) in [5.41, 5.74) is 0.584. The molecular weight excluding hydrogens is 319 g/mol. The molecule has 122 valence electrons. The van der Waals surface area contributed by atoms with Crippen LogP contribution in [0.5, 0.6) is 0 Å². The third-order valence-corrected chi connectivity index (χ3v) is 4.66. The van der Waals surface area contributed by atoms with Crippen LogP contribution in [0.4, 0.5) is 4.39 Å². The van der Waals surface area contributed by atoms with E-state index in [0.717, 1.165) is 12.8 Å². The first-order chi connectivity index (χ1) is 11.0. The summed E-state index contributed by atoms with van der Waals surface area (Å²) in [6.45, 7) is 5.21. The normalized spacial score (nSPS) is 15.9. The molecule has 0 saturated carbocycles. The highest BCUT2D eigenvalue weighted by molar-refractivity contribution is 6.33. The van der Waals surface area contributed by atoms with Crippen LogP contribution in [-0.2, 0) is 0 Å². The predicted molar refractivity (Wildman–Crippen MR) is 85.9 cm³/mol. The van der Waals surface area contributed by atoms with Gasteiger partial charge in [0, 0.05) is 13.1 Å². The van der Waals surface area contributed by atoms with E-state index in [9.17, 15) is 9.18 Å². The van der Waals surface area contributed by atoms with Gasteiger partial charge in [-0.25, -0.2) is 4.39 Å². The molecule has 4 nitrogen and oxygen atoms in total. The van der Waals surface area contributed by atoms with E-state index in [2.05, 4.69) is 12.1 Å². The van der Waals surface area contributed by atoms with Crippen LogP contribution >= 0.6 is 11.6 Å². The van der Waals surface area contributed by atoms with Crippen molar-refractivity contribution in [2.24, 2.45) is 5.92 Å². The molecule has 0 unspecified atom stereocenters. The molecule has 1 amide bonds. The van der Waals surface area contributed by atoms with E-state index >= 15 is 0 Å². The first kappa shape index (κ1) is 16.0. The summed E-state index contributed by atoms with van der Waals surface area (Å²) in [7, 11) is 0. The monoisotopic (exact) mass is 336 g/mol. The minimum Gasteiger partial charge on any atom is -0.360 e. The van der Waals surface area contributed by atoms with Crippen LogP contribution in [0.15, 0.2) is 22.7 Å². The standard InChI is InChI=1S/C17H18ClFN2O2/c1-10-6-8-21(9-7-10)17(22)14-11(2)23-20-16(14)15-12(18)4-3-5-13(15)19/h3-5,10H,6-9H2,1-2H3. The molecule has 6 heteroatoms. The van der Waals surface area contributed by atoms with Crippen molar-refractivity contribution in [2.75, 3.05) is 13.1 Å². The molecular formula is C17H18ClFN2O2. The minimum absolute atomic E-state index is 0.111. The zero-order chi connectivity index (χ0) is 16.6. The Hall–Kier alpha value is -1.88. The number of halogens is 2. The number of nitrogens with zero attached hydrogens (tertiary/aromatic N) is 2. The summed E-state index contributed by atoms with van der Waals surface area (Å²) >= 11 is 6.11. The Balaban J connectivity index is 2.01. The van der Waals surface area contributed by atoms with E-state index in [0.29, 0.717) is 30.3 Å². The highest BCUT2D eigenvalue weighted by Gasteiger charge is 2.30. The maximum Gasteiger partial charge on any atom is 0.259 e. The van der Waals surface area contributed by atoms with Crippen molar-refractivity contribution in [1.82, 2.24) is 10.1 Å². The van der Waals surface area contributed by atoms with Crippen molar-refractivity contribution in [3.8, 4) is 11.3 Å². The summed E-state index contributed by atoms with van der Waals surface area (Å²) in [5.74, 6) is 0.295. The summed E-state index contributed by atoms with van der Waals surface area (Å²) in [5, 5.41) is 4.10. The average Bonchev–Trinajstić information content (AvgIpc) is 2.89. The summed E-state index contributed by atoms with van der Waals surface area (Å²) < 4.78 is 19.4. The van der Waals surface area contributed by atoms with Crippen molar-refractivity contribution in [3.05, 3.63) is 40.4 Å². The van der Waals surface area contributed by atoms with Crippen molar-refractivity contribution in [1.29, 1.82) is 0 Å². The van der Waals surface area contributed by atoms with Gasteiger partial charge in [0.25, 0.3) is 5.91 Å². The van der Waals surface area contributed by atoms with Gasteiger partial charge < -0.3 is 9.42 Å². The molecule has 1 aromatic carbocycles. The van der Waals surface area contributed by atoms with Crippen molar-refractivity contribution >= 4 is 17.5 Å². The van der Waals surface area contributed by atoms with Gasteiger partial charge in [-0.3, -0.25) is 4.79 Å². The summed E-state index contributed by atoms with van der Waals surface area (Å²) in [6.07, 6.45) is 1.93. The fourth-order valence-corrected chi connectivity index (χ4v) is 3.14. The lowest BCUT2D eigenvalue weighted by atomic mass is 9.97. The lowest BCUT2D eigenvalue weighted by Crippen LogP contribution is -2.38. The molecule has 1 saturated heterocycles. The zero-order valence-electron chi connectivity index (χ0n) is 13.1. The second-order valence-electron chi connectivity index (χ2n) is 6.03. The Morgan fingerprint density at radius 3 is 2.74 bits per heavy atom.